The highest BCUT2D eigenvalue weighted by Crippen LogP contribution is 2.29. The minimum atomic E-state index is -0.189. The van der Waals surface area contributed by atoms with Crippen LogP contribution in [0.25, 0.3) is 22.4 Å². The molecule has 0 aliphatic carbocycles. The van der Waals surface area contributed by atoms with Crippen LogP contribution in [0.4, 0.5) is 0 Å². The summed E-state index contributed by atoms with van der Waals surface area (Å²) in [5, 5.41) is 8.39. The minimum Gasteiger partial charge on any atom is -0.426 e. The number of nitrogens with zero attached hydrogens (tertiary/aromatic N) is 4. The molecule has 0 amide bonds. The fourth-order valence-corrected chi connectivity index (χ4v) is 3.54. The molecule has 0 unspecified atom stereocenters. The number of hydrogen-bond acceptors (Lipinski definition) is 5. The second-order valence-electron chi connectivity index (χ2n) is 7.61. The molecule has 162 valence electrons. The van der Waals surface area contributed by atoms with Gasteiger partial charge in [-0.25, -0.2) is 0 Å². The summed E-state index contributed by atoms with van der Waals surface area (Å²) in [5.74, 6) is 0.421. The van der Waals surface area contributed by atoms with Gasteiger partial charge in [0.1, 0.15) is 11.4 Å². The highest BCUT2D eigenvalue weighted by Gasteiger charge is 2.10. The number of carbonyl (C=O) groups excluding carboxylic acids is 1. The molecule has 2 heterocycles. The Bertz CT molecular complexity index is 1130. The number of aryl methyl sites for hydroxylation is 1. The molecule has 0 aliphatic heterocycles. The predicted molar refractivity (Wildman–Crippen MR) is 124 cm³/mol. The van der Waals surface area contributed by atoms with Crippen molar-refractivity contribution in [1.82, 2.24) is 20.0 Å². The quantitative estimate of drug-likeness (QED) is 0.189. The maximum Gasteiger partial charge on any atom is 0.311 e. The lowest BCUT2D eigenvalue weighted by Crippen LogP contribution is -2.08. The van der Waals surface area contributed by atoms with Crippen LogP contribution in [0.3, 0.4) is 0 Å². The fraction of sp³-hybridized carbons (Fsp3) is 0.231. The first kappa shape index (κ1) is 21.4. The summed E-state index contributed by atoms with van der Waals surface area (Å²) in [6.07, 6.45) is 9.68. The molecule has 4 rings (SSSR count). The molecule has 32 heavy (non-hydrogen) atoms. The van der Waals surface area contributed by atoms with E-state index in [0.717, 1.165) is 54.6 Å². The molecule has 0 aliphatic rings. The lowest BCUT2D eigenvalue weighted by atomic mass is 10.0. The van der Waals surface area contributed by atoms with Crippen molar-refractivity contribution in [3.8, 4) is 28.1 Å². The van der Waals surface area contributed by atoms with Crippen LogP contribution in [0.2, 0.25) is 0 Å². The first-order valence-corrected chi connectivity index (χ1v) is 11.0. The van der Waals surface area contributed by atoms with Gasteiger partial charge in [-0.1, -0.05) is 66.6 Å². The molecule has 6 nitrogen and oxygen atoms in total. The van der Waals surface area contributed by atoms with Crippen LogP contribution in [0.1, 0.15) is 32.1 Å². The molecule has 0 fully saturated rings. The molecule has 2 aromatic heterocycles. The zero-order chi connectivity index (χ0) is 22.0. The monoisotopic (exact) mass is 426 g/mol. The van der Waals surface area contributed by atoms with Crippen molar-refractivity contribution < 1.29 is 9.53 Å². The Balaban J connectivity index is 1.17. The van der Waals surface area contributed by atoms with E-state index in [1.165, 1.54) is 0 Å². The normalized spacial score (nSPS) is 10.8. The zero-order valence-electron chi connectivity index (χ0n) is 17.9. The number of para-hydroxylation sites is 1. The number of carbonyl (C=O) groups is 1. The van der Waals surface area contributed by atoms with Crippen molar-refractivity contribution in [2.45, 2.75) is 38.6 Å². The Labute approximate surface area is 187 Å². The van der Waals surface area contributed by atoms with Crippen molar-refractivity contribution in [2.75, 3.05) is 0 Å². The van der Waals surface area contributed by atoms with E-state index in [9.17, 15) is 4.79 Å². The Kier molecular flexibility index (Phi) is 7.37. The second kappa shape index (κ2) is 11.0. The largest absolute Gasteiger partial charge is 0.426 e. The first-order chi connectivity index (χ1) is 15.8. The maximum atomic E-state index is 12.3. The fourth-order valence-electron chi connectivity index (χ4n) is 3.54. The molecule has 0 bridgehead atoms. The number of pyridine rings is 1. The zero-order valence-corrected chi connectivity index (χ0v) is 17.9. The van der Waals surface area contributed by atoms with Crippen molar-refractivity contribution >= 4 is 5.97 Å². The van der Waals surface area contributed by atoms with Crippen molar-refractivity contribution in [3.05, 3.63) is 85.3 Å². The van der Waals surface area contributed by atoms with E-state index >= 15 is 0 Å². The number of aromatic nitrogens is 4. The Morgan fingerprint density at radius 1 is 0.844 bits per heavy atom. The summed E-state index contributed by atoms with van der Waals surface area (Å²) in [7, 11) is 0. The third kappa shape index (κ3) is 5.88. The Hall–Kier alpha value is -3.80. The summed E-state index contributed by atoms with van der Waals surface area (Å²) < 4.78 is 7.51. The molecular formula is C26H26N4O2. The Morgan fingerprint density at radius 3 is 2.47 bits per heavy atom. The molecule has 0 saturated carbocycles. The smallest absolute Gasteiger partial charge is 0.311 e. The minimum absolute atomic E-state index is 0.189. The lowest BCUT2D eigenvalue weighted by molar-refractivity contribution is -0.134. The van der Waals surface area contributed by atoms with Gasteiger partial charge in [-0.15, -0.1) is 5.10 Å². The van der Waals surface area contributed by atoms with Gasteiger partial charge in [0.15, 0.2) is 0 Å². The van der Waals surface area contributed by atoms with Gasteiger partial charge in [0, 0.05) is 36.5 Å². The molecule has 0 saturated heterocycles. The van der Waals surface area contributed by atoms with Gasteiger partial charge in [0.05, 0.1) is 6.20 Å². The number of rotatable bonds is 10. The number of ether oxygens (including phenoxy) is 1. The van der Waals surface area contributed by atoms with Crippen molar-refractivity contribution in [2.24, 2.45) is 0 Å². The van der Waals surface area contributed by atoms with Crippen LogP contribution < -0.4 is 4.74 Å². The first-order valence-electron chi connectivity index (χ1n) is 11.0. The van der Waals surface area contributed by atoms with Crippen molar-refractivity contribution in [3.63, 3.8) is 0 Å². The molecular weight excluding hydrogens is 400 g/mol. The third-order valence-electron chi connectivity index (χ3n) is 5.21. The average Bonchev–Trinajstić information content (AvgIpc) is 3.32. The van der Waals surface area contributed by atoms with Gasteiger partial charge in [-0.2, -0.15) is 0 Å². The van der Waals surface area contributed by atoms with E-state index in [1.807, 2.05) is 77.6 Å². The molecule has 4 aromatic rings. The molecule has 0 atom stereocenters. The number of hydrogen-bond donors (Lipinski definition) is 0. The van der Waals surface area contributed by atoms with Crippen molar-refractivity contribution in [1.29, 1.82) is 0 Å². The maximum absolute atomic E-state index is 12.3. The van der Waals surface area contributed by atoms with Crippen LogP contribution in [0, 0.1) is 0 Å². The topological polar surface area (TPSA) is 69.9 Å². The average molecular weight is 427 g/mol. The second-order valence-corrected chi connectivity index (χ2v) is 7.61. The van der Waals surface area contributed by atoms with E-state index in [4.69, 9.17) is 4.74 Å². The third-order valence-corrected chi connectivity index (χ3v) is 5.21. The Morgan fingerprint density at radius 2 is 1.62 bits per heavy atom. The molecule has 6 heteroatoms. The van der Waals surface area contributed by atoms with Crippen LogP contribution in [-0.4, -0.2) is 25.9 Å². The van der Waals surface area contributed by atoms with E-state index < -0.39 is 0 Å². The molecule has 0 N–H and O–H groups in total. The van der Waals surface area contributed by atoms with Crippen LogP contribution in [0.5, 0.6) is 5.75 Å². The van der Waals surface area contributed by atoms with E-state index in [2.05, 4.69) is 15.3 Å². The number of esters is 1. The highest BCUT2D eigenvalue weighted by atomic mass is 16.5. The van der Waals surface area contributed by atoms with Gasteiger partial charge in [0.25, 0.3) is 0 Å². The summed E-state index contributed by atoms with van der Waals surface area (Å²) in [6, 6.07) is 21.5. The lowest BCUT2D eigenvalue weighted by Gasteiger charge is -2.10. The van der Waals surface area contributed by atoms with Gasteiger partial charge < -0.3 is 4.74 Å². The predicted octanol–water partition coefficient (Wildman–Crippen LogP) is 5.56. The number of unbranched alkanes of at least 4 members (excludes halogenated alkanes) is 3. The molecule has 0 radical (unpaired) electrons. The number of benzene rings is 2. The SMILES string of the molecule is O=C(CCCCCCn1cc(-c2cccnc2)nn1)Oc1ccccc1-c1ccccc1. The summed E-state index contributed by atoms with van der Waals surface area (Å²) >= 11 is 0. The van der Waals surface area contributed by atoms with Crippen LogP contribution >= 0.6 is 0 Å². The van der Waals surface area contributed by atoms with E-state index in [1.54, 1.807) is 12.4 Å². The summed E-state index contributed by atoms with van der Waals surface area (Å²) in [5.41, 5.74) is 3.76. The molecule has 2 aromatic carbocycles. The standard InChI is InChI=1S/C26H26N4O2/c31-26(32-25-15-8-7-14-23(25)21-11-4-3-5-12-21)16-6-1-2-9-18-30-20-24(28-29-30)22-13-10-17-27-19-22/h3-5,7-8,10-15,17,19-20H,1-2,6,9,16,18H2. The van der Waals surface area contributed by atoms with Gasteiger partial charge in [-0.3, -0.25) is 14.5 Å². The highest BCUT2D eigenvalue weighted by molar-refractivity contribution is 5.77. The van der Waals surface area contributed by atoms with E-state index in [-0.39, 0.29) is 5.97 Å². The van der Waals surface area contributed by atoms with Gasteiger partial charge >= 0.3 is 5.97 Å². The van der Waals surface area contributed by atoms with E-state index in [0.29, 0.717) is 12.2 Å². The summed E-state index contributed by atoms with van der Waals surface area (Å²) in [6.45, 7) is 0.808. The van der Waals surface area contributed by atoms with Gasteiger partial charge in [0.2, 0.25) is 0 Å². The summed E-state index contributed by atoms with van der Waals surface area (Å²) in [4.78, 5) is 16.5. The van der Waals surface area contributed by atoms with Gasteiger partial charge in [-0.05, 0) is 36.6 Å². The van der Waals surface area contributed by atoms with Crippen LogP contribution in [0.15, 0.2) is 85.3 Å². The molecule has 0 spiro atoms. The van der Waals surface area contributed by atoms with Crippen LogP contribution in [-0.2, 0) is 11.3 Å².